The maximum atomic E-state index is 12.6. The van der Waals surface area contributed by atoms with Crippen LogP contribution in [0.1, 0.15) is 16.7 Å². The number of carbonyl (C=O) groups excluding carboxylic acids is 1. The maximum Gasteiger partial charge on any atom is 0.264 e. The van der Waals surface area contributed by atoms with Gasteiger partial charge in [-0.05, 0) is 48.5 Å². The Morgan fingerprint density at radius 1 is 0.968 bits per heavy atom. The third kappa shape index (κ3) is 4.18. The van der Waals surface area contributed by atoms with Crippen molar-refractivity contribution in [3.63, 3.8) is 0 Å². The van der Waals surface area contributed by atoms with Gasteiger partial charge in [-0.2, -0.15) is 0 Å². The van der Waals surface area contributed by atoms with Crippen LogP contribution in [-0.4, -0.2) is 15.6 Å². The summed E-state index contributed by atoms with van der Waals surface area (Å²) in [7, 11) is 0. The molecule has 31 heavy (non-hydrogen) atoms. The highest BCUT2D eigenvalue weighted by Gasteiger charge is 2.24. The number of thioether (sulfide) groups is 1. The molecule has 5 rings (SSSR count). The van der Waals surface area contributed by atoms with Gasteiger partial charge in [-0.3, -0.25) is 4.79 Å². The SMILES string of the molecule is Cc1ccc(N=C2NC(=O)/C(=C/c3cn(Cc4ccccc4)c4ccccc34)S2)cc1. The van der Waals surface area contributed by atoms with Crippen LogP contribution in [0.3, 0.4) is 0 Å². The standard InChI is InChI=1S/C26H21N3OS/c1-18-11-13-21(14-12-18)27-26-28-25(30)24(31-26)15-20-17-29(16-19-7-3-2-4-8-19)23-10-6-5-9-22(20)23/h2-15,17H,16H2,1H3,(H,27,28,30)/b24-15-. The number of benzene rings is 3. The van der Waals surface area contributed by atoms with E-state index in [1.165, 1.54) is 22.9 Å². The first kappa shape index (κ1) is 19.4. The van der Waals surface area contributed by atoms with Crippen LogP contribution in [0.5, 0.6) is 0 Å². The lowest BCUT2D eigenvalue weighted by molar-refractivity contribution is -0.115. The summed E-state index contributed by atoms with van der Waals surface area (Å²) in [6, 6.07) is 26.6. The minimum atomic E-state index is -0.115. The zero-order valence-corrected chi connectivity index (χ0v) is 17.9. The van der Waals surface area contributed by atoms with E-state index in [1.807, 2.05) is 55.5 Å². The van der Waals surface area contributed by atoms with E-state index in [4.69, 9.17) is 0 Å². The van der Waals surface area contributed by atoms with Gasteiger partial charge >= 0.3 is 0 Å². The van der Waals surface area contributed by atoms with Gasteiger partial charge in [0.25, 0.3) is 5.91 Å². The van der Waals surface area contributed by atoms with Crippen LogP contribution in [0.25, 0.3) is 17.0 Å². The van der Waals surface area contributed by atoms with E-state index in [1.54, 1.807) is 0 Å². The van der Waals surface area contributed by atoms with Gasteiger partial charge in [0.1, 0.15) is 0 Å². The quantitative estimate of drug-likeness (QED) is 0.416. The monoisotopic (exact) mass is 423 g/mol. The number of aromatic nitrogens is 1. The van der Waals surface area contributed by atoms with Crippen molar-refractivity contribution < 1.29 is 4.79 Å². The Kier molecular flexibility index (Phi) is 5.18. The summed E-state index contributed by atoms with van der Waals surface area (Å²) in [6.45, 7) is 2.82. The zero-order chi connectivity index (χ0) is 21.2. The number of fused-ring (bicyclic) bond motifs is 1. The molecule has 152 valence electrons. The number of nitrogens with zero attached hydrogens (tertiary/aromatic N) is 2. The molecule has 1 aliphatic rings. The third-order valence-corrected chi connectivity index (χ3v) is 6.13. The molecule has 1 amide bonds. The molecular formula is C26H21N3OS. The average Bonchev–Trinajstić information content (AvgIpc) is 3.31. The summed E-state index contributed by atoms with van der Waals surface area (Å²) < 4.78 is 2.23. The van der Waals surface area contributed by atoms with Crippen molar-refractivity contribution in [3.05, 3.63) is 107 Å². The molecule has 4 nitrogen and oxygen atoms in total. The van der Waals surface area contributed by atoms with Gasteiger partial charge in [-0.25, -0.2) is 4.99 Å². The zero-order valence-electron chi connectivity index (χ0n) is 17.1. The Hall–Kier alpha value is -3.57. The Balaban J connectivity index is 1.47. The minimum Gasteiger partial charge on any atom is -0.342 e. The molecule has 4 aromatic rings. The predicted molar refractivity (Wildman–Crippen MR) is 129 cm³/mol. The Labute approximate surface area is 185 Å². The molecule has 0 unspecified atom stereocenters. The van der Waals surface area contributed by atoms with Crippen molar-refractivity contribution in [2.24, 2.45) is 4.99 Å². The molecule has 0 bridgehead atoms. The van der Waals surface area contributed by atoms with Crippen LogP contribution in [0, 0.1) is 6.92 Å². The largest absolute Gasteiger partial charge is 0.342 e. The van der Waals surface area contributed by atoms with Gasteiger partial charge < -0.3 is 9.88 Å². The summed E-state index contributed by atoms with van der Waals surface area (Å²) in [4.78, 5) is 17.8. The number of rotatable bonds is 4. The van der Waals surface area contributed by atoms with E-state index < -0.39 is 0 Å². The molecule has 1 fully saturated rings. The van der Waals surface area contributed by atoms with Gasteiger partial charge in [0.05, 0.1) is 10.6 Å². The predicted octanol–water partition coefficient (Wildman–Crippen LogP) is 5.89. The van der Waals surface area contributed by atoms with Gasteiger partial charge in [-0.15, -0.1) is 0 Å². The first-order chi connectivity index (χ1) is 15.2. The van der Waals surface area contributed by atoms with Gasteiger partial charge in [-0.1, -0.05) is 66.2 Å². The number of carbonyl (C=O) groups is 1. The number of hydrogen-bond acceptors (Lipinski definition) is 3. The Morgan fingerprint density at radius 2 is 1.71 bits per heavy atom. The van der Waals surface area contributed by atoms with Crippen LogP contribution in [0.2, 0.25) is 0 Å². The molecule has 0 saturated carbocycles. The van der Waals surface area contributed by atoms with E-state index in [0.29, 0.717) is 10.1 Å². The fraction of sp³-hybridized carbons (Fsp3) is 0.0769. The second kappa shape index (κ2) is 8.28. The van der Waals surface area contributed by atoms with Crippen LogP contribution in [-0.2, 0) is 11.3 Å². The number of para-hydroxylation sites is 1. The second-order valence-corrected chi connectivity index (χ2v) is 8.56. The summed E-state index contributed by atoms with van der Waals surface area (Å²) >= 11 is 1.38. The minimum absolute atomic E-state index is 0.115. The molecular weight excluding hydrogens is 402 g/mol. The highest BCUT2D eigenvalue weighted by molar-refractivity contribution is 8.18. The second-order valence-electron chi connectivity index (χ2n) is 7.53. The smallest absolute Gasteiger partial charge is 0.264 e. The summed E-state index contributed by atoms with van der Waals surface area (Å²) in [5.74, 6) is -0.115. The van der Waals surface area contributed by atoms with Crippen molar-refractivity contribution in [1.82, 2.24) is 9.88 Å². The van der Waals surface area contributed by atoms with Crippen LogP contribution in [0.15, 0.2) is 95.0 Å². The fourth-order valence-corrected chi connectivity index (χ4v) is 4.49. The molecule has 5 heteroatoms. The van der Waals surface area contributed by atoms with Crippen LogP contribution in [0.4, 0.5) is 5.69 Å². The van der Waals surface area contributed by atoms with Crippen molar-refractivity contribution in [3.8, 4) is 0 Å². The van der Waals surface area contributed by atoms with E-state index in [2.05, 4.69) is 57.5 Å². The first-order valence-corrected chi connectivity index (χ1v) is 11.0. The van der Waals surface area contributed by atoms with E-state index in [9.17, 15) is 4.79 Å². The summed E-state index contributed by atoms with van der Waals surface area (Å²) in [5.41, 5.74) is 5.42. The highest BCUT2D eigenvalue weighted by atomic mass is 32.2. The lowest BCUT2D eigenvalue weighted by Crippen LogP contribution is -2.19. The maximum absolute atomic E-state index is 12.6. The van der Waals surface area contributed by atoms with Crippen LogP contribution >= 0.6 is 11.8 Å². The third-order valence-electron chi connectivity index (χ3n) is 5.22. The lowest BCUT2D eigenvalue weighted by atomic mass is 10.1. The summed E-state index contributed by atoms with van der Waals surface area (Å²) in [6.07, 6.45) is 4.08. The van der Waals surface area contributed by atoms with Crippen molar-refractivity contribution in [2.75, 3.05) is 0 Å². The Bertz CT molecular complexity index is 1320. The molecule has 0 atom stereocenters. The normalized spacial score (nSPS) is 16.4. The molecule has 1 N–H and O–H groups in total. The molecule has 2 heterocycles. The molecule has 1 saturated heterocycles. The van der Waals surface area contributed by atoms with Gasteiger partial charge in [0.2, 0.25) is 0 Å². The van der Waals surface area contributed by atoms with Gasteiger partial charge in [0.15, 0.2) is 5.17 Å². The molecule has 0 aliphatic carbocycles. The lowest BCUT2D eigenvalue weighted by Gasteiger charge is -2.05. The number of amides is 1. The topological polar surface area (TPSA) is 46.4 Å². The van der Waals surface area contributed by atoms with E-state index in [-0.39, 0.29) is 5.91 Å². The van der Waals surface area contributed by atoms with E-state index in [0.717, 1.165) is 28.7 Å². The number of aryl methyl sites for hydroxylation is 1. The summed E-state index contributed by atoms with van der Waals surface area (Å²) in [5, 5.41) is 4.61. The van der Waals surface area contributed by atoms with Gasteiger partial charge in [0, 0.05) is 29.2 Å². The highest BCUT2D eigenvalue weighted by Crippen LogP contribution is 2.31. The number of hydrogen-bond donors (Lipinski definition) is 1. The van der Waals surface area contributed by atoms with Crippen molar-refractivity contribution >= 4 is 45.5 Å². The first-order valence-electron chi connectivity index (χ1n) is 10.1. The molecule has 0 radical (unpaired) electrons. The molecule has 1 aliphatic heterocycles. The van der Waals surface area contributed by atoms with Crippen molar-refractivity contribution in [1.29, 1.82) is 0 Å². The van der Waals surface area contributed by atoms with E-state index >= 15 is 0 Å². The average molecular weight is 424 g/mol. The molecule has 3 aromatic carbocycles. The Morgan fingerprint density at radius 3 is 2.52 bits per heavy atom. The number of amidine groups is 1. The molecule has 1 aromatic heterocycles. The molecule has 0 spiro atoms. The number of aliphatic imine (C=N–C) groups is 1. The van der Waals surface area contributed by atoms with Crippen LogP contribution < -0.4 is 5.32 Å². The van der Waals surface area contributed by atoms with Crippen molar-refractivity contribution in [2.45, 2.75) is 13.5 Å². The fourth-order valence-electron chi connectivity index (χ4n) is 3.66. The number of nitrogens with one attached hydrogen (secondary N) is 1.